The summed E-state index contributed by atoms with van der Waals surface area (Å²) in [6, 6.07) is 15.0. The lowest BCUT2D eigenvalue weighted by atomic mass is 9.98. The van der Waals surface area contributed by atoms with Gasteiger partial charge >= 0.3 is 0 Å². The number of aromatic nitrogens is 1. The fourth-order valence-electron chi connectivity index (χ4n) is 4.40. The topological polar surface area (TPSA) is 67.9 Å². The molecule has 0 N–H and O–H groups in total. The number of ether oxygens (including phenoxy) is 1. The summed E-state index contributed by atoms with van der Waals surface area (Å²) in [5.74, 6) is 0.712. The van der Waals surface area contributed by atoms with Crippen LogP contribution in [0.25, 0.3) is 0 Å². The van der Waals surface area contributed by atoms with Crippen molar-refractivity contribution in [2.45, 2.75) is 31.5 Å². The van der Waals surface area contributed by atoms with Gasteiger partial charge in [0.15, 0.2) is 5.76 Å². The van der Waals surface area contributed by atoms with Gasteiger partial charge in [-0.05, 0) is 43.2 Å². The van der Waals surface area contributed by atoms with E-state index in [4.69, 9.17) is 9.15 Å². The SMILES string of the molecule is COc1ccccc1[C@H]1c2cccn2CCN1C(=O)CN(C(=O)c1ccco1)C1CC1. The van der Waals surface area contributed by atoms with Crippen LogP contribution in [0.4, 0.5) is 0 Å². The minimum Gasteiger partial charge on any atom is -0.496 e. The Morgan fingerprint density at radius 2 is 1.94 bits per heavy atom. The second-order valence-corrected chi connectivity index (χ2v) is 8.00. The van der Waals surface area contributed by atoms with E-state index in [1.54, 1.807) is 24.1 Å². The number of hydrogen-bond donors (Lipinski definition) is 0. The van der Waals surface area contributed by atoms with Gasteiger partial charge in [-0.1, -0.05) is 18.2 Å². The molecule has 160 valence electrons. The number of furan rings is 1. The Hall–Kier alpha value is -3.48. The zero-order valence-electron chi connectivity index (χ0n) is 17.4. The number of nitrogens with zero attached hydrogens (tertiary/aromatic N) is 3. The van der Waals surface area contributed by atoms with E-state index in [1.807, 2.05) is 47.5 Å². The minimum absolute atomic E-state index is 0.0383. The van der Waals surface area contributed by atoms with E-state index in [0.29, 0.717) is 6.54 Å². The maximum Gasteiger partial charge on any atom is 0.290 e. The number of hydrogen-bond acceptors (Lipinski definition) is 4. The zero-order valence-corrected chi connectivity index (χ0v) is 17.4. The number of methoxy groups -OCH3 is 1. The normalized spacial score (nSPS) is 17.8. The van der Waals surface area contributed by atoms with Gasteiger partial charge in [0.2, 0.25) is 5.91 Å². The fraction of sp³-hybridized carbons (Fsp3) is 0.333. The molecule has 1 fully saturated rings. The highest BCUT2D eigenvalue weighted by atomic mass is 16.5. The van der Waals surface area contributed by atoms with Crippen LogP contribution in [0.1, 0.15) is 40.7 Å². The first kappa shape index (κ1) is 19.5. The van der Waals surface area contributed by atoms with Crippen molar-refractivity contribution in [3.05, 3.63) is 78.0 Å². The number of benzene rings is 1. The van der Waals surface area contributed by atoms with Gasteiger partial charge in [0.05, 0.1) is 13.4 Å². The van der Waals surface area contributed by atoms with Crippen molar-refractivity contribution in [1.29, 1.82) is 0 Å². The molecular formula is C24H25N3O4. The maximum absolute atomic E-state index is 13.6. The Labute approximate surface area is 180 Å². The van der Waals surface area contributed by atoms with Crippen molar-refractivity contribution in [2.75, 3.05) is 20.2 Å². The monoisotopic (exact) mass is 419 g/mol. The number of carbonyl (C=O) groups excluding carboxylic acids is 2. The Morgan fingerprint density at radius 1 is 1.10 bits per heavy atom. The molecule has 7 nitrogen and oxygen atoms in total. The van der Waals surface area contributed by atoms with E-state index in [0.717, 1.165) is 36.4 Å². The van der Waals surface area contributed by atoms with Crippen LogP contribution < -0.4 is 4.74 Å². The third kappa shape index (κ3) is 3.60. The van der Waals surface area contributed by atoms with Crippen molar-refractivity contribution in [3.8, 4) is 5.75 Å². The number of amides is 2. The molecule has 0 spiro atoms. The first-order valence-corrected chi connectivity index (χ1v) is 10.6. The number of fused-ring (bicyclic) bond motifs is 1. The third-order valence-electron chi connectivity index (χ3n) is 6.08. The first-order chi connectivity index (χ1) is 15.2. The number of para-hydroxylation sites is 1. The number of rotatable bonds is 6. The van der Waals surface area contributed by atoms with Crippen LogP contribution in [0.2, 0.25) is 0 Å². The quantitative estimate of drug-likeness (QED) is 0.615. The second-order valence-electron chi connectivity index (χ2n) is 8.00. The van der Waals surface area contributed by atoms with Gasteiger partial charge < -0.3 is 23.5 Å². The molecule has 31 heavy (non-hydrogen) atoms. The van der Waals surface area contributed by atoms with E-state index < -0.39 is 0 Å². The number of carbonyl (C=O) groups is 2. The van der Waals surface area contributed by atoms with Crippen LogP contribution in [0, 0.1) is 0 Å². The van der Waals surface area contributed by atoms with Crippen molar-refractivity contribution in [1.82, 2.24) is 14.4 Å². The van der Waals surface area contributed by atoms with E-state index in [9.17, 15) is 9.59 Å². The molecule has 0 saturated heterocycles. The van der Waals surface area contributed by atoms with Gasteiger partial charge in [-0.25, -0.2) is 0 Å². The summed E-state index contributed by atoms with van der Waals surface area (Å²) in [6.07, 6.45) is 5.35. The van der Waals surface area contributed by atoms with Crippen molar-refractivity contribution in [3.63, 3.8) is 0 Å². The van der Waals surface area contributed by atoms with Crippen LogP contribution in [0.5, 0.6) is 5.75 Å². The molecule has 0 bridgehead atoms. The van der Waals surface area contributed by atoms with E-state index in [2.05, 4.69) is 4.57 Å². The van der Waals surface area contributed by atoms with E-state index in [-0.39, 0.29) is 36.2 Å². The van der Waals surface area contributed by atoms with Crippen LogP contribution in [-0.4, -0.2) is 52.4 Å². The van der Waals surface area contributed by atoms with E-state index in [1.165, 1.54) is 6.26 Å². The summed E-state index contributed by atoms with van der Waals surface area (Å²) in [7, 11) is 1.64. The second kappa shape index (κ2) is 7.98. The molecule has 1 saturated carbocycles. The van der Waals surface area contributed by atoms with Gasteiger partial charge in [0, 0.05) is 36.6 Å². The Kier molecular flexibility index (Phi) is 5.02. The van der Waals surface area contributed by atoms with Crippen molar-refractivity contribution >= 4 is 11.8 Å². The zero-order chi connectivity index (χ0) is 21.4. The smallest absolute Gasteiger partial charge is 0.290 e. The molecule has 1 aromatic carbocycles. The highest BCUT2D eigenvalue weighted by Gasteiger charge is 2.39. The average molecular weight is 419 g/mol. The van der Waals surface area contributed by atoms with Crippen LogP contribution in [0.3, 0.4) is 0 Å². The molecule has 1 aliphatic heterocycles. The molecule has 2 aliphatic rings. The van der Waals surface area contributed by atoms with Gasteiger partial charge in [-0.2, -0.15) is 0 Å². The molecule has 3 heterocycles. The molecule has 1 atom stereocenters. The molecule has 3 aromatic rings. The van der Waals surface area contributed by atoms with Crippen LogP contribution in [-0.2, 0) is 11.3 Å². The molecule has 7 heteroatoms. The predicted octanol–water partition coefficient (Wildman–Crippen LogP) is 3.33. The predicted molar refractivity (Wildman–Crippen MR) is 114 cm³/mol. The van der Waals surface area contributed by atoms with Gasteiger partial charge in [-0.3, -0.25) is 9.59 Å². The molecule has 1 aliphatic carbocycles. The summed E-state index contributed by atoms with van der Waals surface area (Å²) in [4.78, 5) is 30.1. The molecule has 2 aromatic heterocycles. The standard InChI is InChI=1S/C24H25N3O4/c1-30-20-8-3-2-6-18(20)23-19-7-4-12-25(19)13-14-26(23)22(28)16-27(17-10-11-17)24(29)21-9-5-15-31-21/h2-9,12,15,17,23H,10-11,13-14,16H2,1H3/t23-/m0/s1. The average Bonchev–Trinajstić information content (AvgIpc) is 3.27. The van der Waals surface area contributed by atoms with Crippen molar-refractivity contribution < 1.29 is 18.7 Å². The third-order valence-corrected chi connectivity index (χ3v) is 6.08. The first-order valence-electron chi connectivity index (χ1n) is 10.6. The van der Waals surface area contributed by atoms with E-state index >= 15 is 0 Å². The van der Waals surface area contributed by atoms with Gasteiger partial charge in [0.25, 0.3) is 5.91 Å². The van der Waals surface area contributed by atoms with Gasteiger partial charge in [0.1, 0.15) is 18.3 Å². The molecule has 0 radical (unpaired) electrons. The molecule has 5 rings (SSSR count). The minimum atomic E-state index is -0.271. The maximum atomic E-state index is 13.6. The Morgan fingerprint density at radius 3 is 2.68 bits per heavy atom. The Bertz CT molecular complexity index is 1080. The van der Waals surface area contributed by atoms with Gasteiger partial charge in [-0.15, -0.1) is 0 Å². The molecular weight excluding hydrogens is 394 g/mol. The lowest BCUT2D eigenvalue weighted by molar-refractivity contribution is -0.134. The summed E-state index contributed by atoms with van der Waals surface area (Å²) < 4.78 is 13.1. The molecule has 2 amide bonds. The largest absolute Gasteiger partial charge is 0.496 e. The Balaban J connectivity index is 1.46. The molecule has 0 unspecified atom stereocenters. The summed E-state index contributed by atoms with van der Waals surface area (Å²) in [5.41, 5.74) is 1.98. The van der Waals surface area contributed by atoms with Crippen LogP contribution >= 0.6 is 0 Å². The lowest BCUT2D eigenvalue weighted by Crippen LogP contribution is -2.48. The summed E-state index contributed by atoms with van der Waals surface area (Å²) in [6.45, 7) is 1.32. The fourth-order valence-corrected chi connectivity index (χ4v) is 4.40. The lowest BCUT2D eigenvalue weighted by Gasteiger charge is -2.38. The highest BCUT2D eigenvalue weighted by molar-refractivity contribution is 5.94. The summed E-state index contributed by atoms with van der Waals surface area (Å²) in [5, 5.41) is 0. The van der Waals surface area contributed by atoms with Crippen LogP contribution in [0.15, 0.2) is 65.4 Å². The summed E-state index contributed by atoms with van der Waals surface area (Å²) >= 11 is 0. The van der Waals surface area contributed by atoms with Crippen molar-refractivity contribution in [2.24, 2.45) is 0 Å². The highest BCUT2D eigenvalue weighted by Crippen LogP contribution is 2.37.